The molecule has 0 saturated heterocycles. The highest BCUT2D eigenvalue weighted by atomic mass is 16.4. The van der Waals surface area contributed by atoms with Crippen molar-refractivity contribution < 1.29 is 23.9 Å². The Kier molecular flexibility index (Phi) is 4.92. The maximum atomic E-state index is 11.7. The average molecular weight is 269 g/mol. The molecule has 0 spiro atoms. The topological polar surface area (TPSA) is 126 Å². The smallest absolute Gasteiger partial charge is 0.326 e. The molecule has 8 heteroatoms. The number of hydrogen-bond acceptors (Lipinski definition) is 4. The molecule has 3 amide bonds. The van der Waals surface area contributed by atoms with Gasteiger partial charge in [-0.15, -0.1) is 0 Å². The second-order valence-electron chi connectivity index (χ2n) is 4.00. The molecule has 1 aromatic rings. The number of primary amides is 1. The van der Waals surface area contributed by atoms with E-state index in [1.54, 1.807) is 6.07 Å². The average Bonchev–Trinajstić information content (AvgIpc) is 2.79. The molecule has 0 fully saturated rings. The molecule has 0 aromatic carbocycles. The van der Waals surface area contributed by atoms with Gasteiger partial charge in [0, 0.05) is 12.6 Å². The number of carbonyl (C=O) groups excluding carboxylic acids is 2. The van der Waals surface area contributed by atoms with Gasteiger partial charge in [0.05, 0.1) is 25.5 Å². The van der Waals surface area contributed by atoms with Crippen molar-refractivity contribution in [3.05, 3.63) is 24.2 Å². The van der Waals surface area contributed by atoms with E-state index in [2.05, 4.69) is 5.32 Å². The first-order chi connectivity index (χ1) is 8.90. The van der Waals surface area contributed by atoms with Crippen LogP contribution >= 0.6 is 0 Å². The van der Waals surface area contributed by atoms with Gasteiger partial charge in [0.25, 0.3) is 0 Å². The fraction of sp³-hybridized carbons (Fsp3) is 0.364. The monoisotopic (exact) mass is 269 g/mol. The van der Waals surface area contributed by atoms with E-state index in [4.69, 9.17) is 15.3 Å². The first-order valence-corrected chi connectivity index (χ1v) is 5.44. The molecule has 19 heavy (non-hydrogen) atoms. The number of aliphatic carboxylic acids is 1. The van der Waals surface area contributed by atoms with Crippen molar-refractivity contribution >= 4 is 17.9 Å². The van der Waals surface area contributed by atoms with E-state index >= 15 is 0 Å². The molecule has 0 unspecified atom stereocenters. The van der Waals surface area contributed by atoms with E-state index in [0.717, 1.165) is 5.56 Å². The highest BCUT2D eigenvalue weighted by Crippen LogP contribution is 2.04. The van der Waals surface area contributed by atoms with Crippen LogP contribution < -0.4 is 11.1 Å². The van der Waals surface area contributed by atoms with Gasteiger partial charge in [-0.3, -0.25) is 4.79 Å². The lowest BCUT2D eigenvalue weighted by Crippen LogP contribution is -2.47. The van der Waals surface area contributed by atoms with Crippen LogP contribution in [0.15, 0.2) is 23.0 Å². The summed E-state index contributed by atoms with van der Waals surface area (Å²) in [6, 6.07) is -0.270. The van der Waals surface area contributed by atoms with E-state index in [0.29, 0.717) is 0 Å². The predicted octanol–water partition coefficient (Wildman–Crippen LogP) is -0.250. The summed E-state index contributed by atoms with van der Waals surface area (Å²) in [7, 11) is 1.49. The number of hydrogen-bond donors (Lipinski definition) is 3. The van der Waals surface area contributed by atoms with Crippen LogP contribution in [-0.4, -0.2) is 41.0 Å². The number of amides is 3. The van der Waals surface area contributed by atoms with E-state index in [9.17, 15) is 14.4 Å². The minimum absolute atomic E-state index is 0.255. The Labute approximate surface area is 109 Å². The van der Waals surface area contributed by atoms with Gasteiger partial charge in [-0.2, -0.15) is 0 Å². The lowest BCUT2D eigenvalue weighted by Gasteiger charge is -2.20. The number of carboxylic acid groups (broad SMARTS) is 1. The summed E-state index contributed by atoms with van der Waals surface area (Å²) in [5, 5.41) is 11.1. The molecule has 0 radical (unpaired) electrons. The Balaban J connectivity index is 2.56. The number of nitrogens with two attached hydrogens (primary N) is 1. The molecule has 1 rings (SSSR count). The van der Waals surface area contributed by atoms with Crippen molar-refractivity contribution in [1.29, 1.82) is 0 Å². The molecule has 0 aliphatic heterocycles. The van der Waals surface area contributed by atoms with Crippen molar-refractivity contribution in [2.24, 2.45) is 5.73 Å². The Morgan fingerprint density at radius 2 is 2.21 bits per heavy atom. The fourth-order valence-electron chi connectivity index (χ4n) is 1.39. The molecule has 104 valence electrons. The Hall–Kier alpha value is -2.51. The zero-order valence-electron chi connectivity index (χ0n) is 10.3. The number of nitrogens with one attached hydrogen (secondary N) is 1. The zero-order chi connectivity index (χ0) is 14.4. The van der Waals surface area contributed by atoms with Crippen LogP contribution in [0.3, 0.4) is 0 Å². The van der Waals surface area contributed by atoms with E-state index in [1.165, 1.54) is 24.5 Å². The Morgan fingerprint density at radius 3 is 2.68 bits per heavy atom. The molecular formula is C11H15N3O5. The third kappa shape index (κ3) is 4.70. The van der Waals surface area contributed by atoms with E-state index < -0.39 is 30.4 Å². The minimum atomic E-state index is -1.34. The lowest BCUT2D eigenvalue weighted by molar-refractivity contribution is -0.140. The Morgan fingerprint density at radius 1 is 1.53 bits per heavy atom. The first kappa shape index (κ1) is 14.6. The van der Waals surface area contributed by atoms with Crippen molar-refractivity contribution in [3.8, 4) is 0 Å². The quantitative estimate of drug-likeness (QED) is 0.656. The number of urea groups is 1. The Bertz CT molecular complexity index is 457. The van der Waals surface area contributed by atoms with Gasteiger partial charge in [-0.25, -0.2) is 9.59 Å². The van der Waals surface area contributed by atoms with Gasteiger partial charge in [0.15, 0.2) is 0 Å². The summed E-state index contributed by atoms with van der Waals surface area (Å²) in [6.07, 6.45) is 2.48. The van der Waals surface area contributed by atoms with Gasteiger partial charge < -0.3 is 25.5 Å². The van der Waals surface area contributed by atoms with Crippen molar-refractivity contribution in [2.75, 3.05) is 7.05 Å². The number of furan rings is 1. The van der Waals surface area contributed by atoms with Gasteiger partial charge >= 0.3 is 12.0 Å². The van der Waals surface area contributed by atoms with Crippen molar-refractivity contribution in [1.82, 2.24) is 10.2 Å². The predicted molar refractivity (Wildman–Crippen MR) is 63.9 cm³/mol. The number of carbonyl (C=O) groups is 3. The summed E-state index contributed by atoms with van der Waals surface area (Å²) >= 11 is 0. The van der Waals surface area contributed by atoms with Crippen LogP contribution in [0.2, 0.25) is 0 Å². The molecule has 0 aliphatic carbocycles. The minimum Gasteiger partial charge on any atom is -0.480 e. The highest BCUT2D eigenvalue weighted by Gasteiger charge is 2.23. The second kappa shape index (κ2) is 6.43. The zero-order valence-corrected chi connectivity index (χ0v) is 10.3. The first-order valence-electron chi connectivity index (χ1n) is 5.44. The van der Waals surface area contributed by atoms with Gasteiger partial charge in [-0.05, 0) is 6.07 Å². The SMILES string of the molecule is CN(Cc1ccoc1)C(=O)N[C@H](CC(N)=O)C(=O)O. The summed E-state index contributed by atoms with van der Waals surface area (Å²) in [5.74, 6) is -2.12. The standard InChI is InChI=1S/C11H15N3O5/c1-14(5-7-2-3-19-6-7)11(18)13-8(10(16)17)4-9(12)15/h2-3,6,8H,4-5H2,1H3,(H2,12,15)(H,13,18)(H,16,17)/t8-/m1/s1. The molecule has 0 aliphatic rings. The number of carboxylic acids is 1. The molecule has 1 atom stereocenters. The summed E-state index contributed by atoms with van der Waals surface area (Å²) in [6.45, 7) is 0.255. The molecule has 0 bridgehead atoms. The largest absolute Gasteiger partial charge is 0.480 e. The molecular weight excluding hydrogens is 254 g/mol. The number of rotatable bonds is 6. The summed E-state index contributed by atoms with van der Waals surface area (Å²) < 4.78 is 4.85. The lowest BCUT2D eigenvalue weighted by atomic mass is 10.2. The normalized spacial score (nSPS) is 11.6. The second-order valence-corrected chi connectivity index (χ2v) is 4.00. The molecule has 8 nitrogen and oxygen atoms in total. The molecule has 1 heterocycles. The van der Waals surface area contributed by atoms with Crippen LogP contribution in [0.4, 0.5) is 4.79 Å². The van der Waals surface area contributed by atoms with Crippen molar-refractivity contribution in [3.63, 3.8) is 0 Å². The van der Waals surface area contributed by atoms with Gasteiger partial charge in [-0.1, -0.05) is 0 Å². The van der Waals surface area contributed by atoms with Crippen LogP contribution in [0.25, 0.3) is 0 Å². The fourth-order valence-corrected chi connectivity index (χ4v) is 1.39. The molecule has 1 aromatic heterocycles. The molecule has 0 saturated carbocycles. The van der Waals surface area contributed by atoms with Crippen LogP contribution in [0, 0.1) is 0 Å². The van der Waals surface area contributed by atoms with Crippen LogP contribution in [0.1, 0.15) is 12.0 Å². The van der Waals surface area contributed by atoms with Crippen LogP contribution in [0.5, 0.6) is 0 Å². The van der Waals surface area contributed by atoms with Crippen molar-refractivity contribution in [2.45, 2.75) is 19.0 Å². The summed E-state index contributed by atoms with van der Waals surface area (Å²) in [5.41, 5.74) is 5.68. The molecule has 4 N–H and O–H groups in total. The number of nitrogens with zero attached hydrogens (tertiary/aromatic N) is 1. The van der Waals surface area contributed by atoms with Gasteiger partial charge in [0.2, 0.25) is 5.91 Å². The highest BCUT2D eigenvalue weighted by molar-refractivity contribution is 5.87. The maximum absolute atomic E-state index is 11.7. The van der Waals surface area contributed by atoms with Gasteiger partial charge in [0.1, 0.15) is 6.04 Å². The van der Waals surface area contributed by atoms with E-state index in [1.807, 2.05) is 0 Å². The maximum Gasteiger partial charge on any atom is 0.326 e. The van der Waals surface area contributed by atoms with E-state index in [-0.39, 0.29) is 6.54 Å². The third-order valence-corrected chi connectivity index (χ3v) is 2.35. The van der Waals surface area contributed by atoms with Crippen LogP contribution in [-0.2, 0) is 16.1 Å². The summed E-state index contributed by atoms with van der Waals surface area (Å²) in [4.78, 5) is 34.6. The third-order valence-electron chi connectivity index (χ3n) is 2.35.